The average molecular weight is 254 g/mol. The molecular weight excluding hydrogens is 228 g/mol. The van der Waals surface area contributed by atoms with Crippen LogP contribution in [0.25, 0.3) is 0 Å². The van der Waals surface area contributed by atoms with E-state index in [2.05, 4.69) is 12.2 Å². The van der Waals surface area contributed by atoms with Crippen LogP contribution in [0.3, 0.4) is 0 Å². The Morgan fingerprint density at radius 3 is 2.28 bits per heavy atom. The van der Waals surface area contributed by atoms with Gasteiger partial charge in [0.05, 0.1) is 0 Å². The van der Waals surface area contributed by atoms with Crippen LogP contribution in [0.2, 0.25) is 0 Å². The second-order valence-electron chi connectivity index (χ2n) is 5.04. The number of carbonyl (C=O) groups excluding carboxylic acids is 2. The molecule has 4 heteroatoms. The smallest absolute Gasteiger partial charge is 0.245 e. The molecule has 2 unspecified atom stereocenters. The van der Waals surface area contributed by atoms with Gasteiger partial charge in [0.1, 0.15) is 12.1 Å². The van der Waals surface area contributed by atoms with Crippen molar-refractivity contribution in [1.29, 1.82) is 0 Å². The van der Waals surface area contributed by atoms with E-state index >= 15 is 0 Å². The Bertz CT molecular complexity index is 292. The molecule has 4 nitrogen and oxygen atoms in total. The first-order valence-corrected chi connectivity index (χ1v) is 7.26. The topological polar surface area (TPSA) is 49.4 Å². The maximum atomic E-state index is 12.4. The quantitative estimate of drug-likeness (QED) is 0.756. The van der Waals surface area contributed by atoms with Crippen molar-refractivity contribution in [2.24, 2.45) is 0 Å². The van der Waals surface area contributed by atoms with Crippen LogP contribution in [0.15, 0.2) is 0 Å². The summed E-state index contributed by atoms with van der Waals surface area (Å²) >= 11 is 0. The fourth-order valence-corrected chi connectivity index (χ4v) is 2.46. The standard InChI is InChI=1S/C14H26N2O2/c1-4-7-10-16-12(9-6-3)13(17)15-11(8-5-2)14(16)18/h11-12H,4-10H2,1-3H3,(H,15,17). The fourth-order valence-electron chi connectivity index (χ4n) is 2.46. The minimum atomic E-state index is -0.299. The molecule has 18 heavy (non-hydrogen) atoms. The maximum Gasteiger partial charge on any atom is 0.245 e. The number of carbonyl (C=O) groups is 2. The molecule has 0 spiro atoms. The number of amides is 2. The van der Waals surface area contributed by atoms with Crippen molar-refractivity contribution < 1.29 is 9.59 Å². The number of nitrogens with zero attached hydrogens (tertiary/aromatic N) is 1. The third-order valence-corrected chi connectivity index (χ3v) is 3.47. The molecule has 104 valence electrons. The Morgan fingerprint density at radius 1 is 1.06 bits per heavy atom. The van der Waals surface area contributed by atoms with Gasteiger partial charge in [0.25, 0.3) is 0 Å². The highest BCUT2D eigenvalue weighted by molar-refractivity contribution is 5.96. The van der Waals surface area contributed by atoms with E-state index < -0.39 is 0 Å². The second-order valence-corrected chi connectivity index (χ2v) is 5.04. The van der Waals surface area contributed by atoms with E-state index in [1.807, 2.05) is 18.7 Å². The Kier molecular flexibility index (Phi) is 6.16. The predicted octanol–water partition coefficient (Wildman–Crippen LogP) is 2.08. The van der Waals surface area contributed by atoms with Crippen molar-refractivity contribution in [3.05, 3.63) is 0 Å². The number of unbranched alkanes of at least 4 members (excludes halogenated alkanes) is 1. The molecular formula is C14H26N2O2. The zero-order valence-electron chi connectivity index (χ0n) is 11.9. The summed E-state index contributed by atoms with van der Waals surface area (Å²) in [6.07, 6.45) is 5.36. The zero-order chi connectivity index (χ0) is 13.5. The lowest BCUT2D eigenvalue weighted by Crippen LogP contribution is -2.63. The molecule has 1 aliphatic heterocycles. The molecule has 1 aliphatic rings. The Balaban J connectivity index is 2.78. The van der Waals surface area contributed by atoms with E-state index in [0.29, 0.717) is 6.54 Å². The molecule has 2 amide bonds. The van der Waals surface area contributed by atoms with Crippen LogP contribution < -0.4 is 5.32 Å². The lowest BCUT2D eigenvalue weighted by Gasteiger charge is -2.39. The Morgan fingerprint density at radius 2 is 1.72 bits per heavy atom. The number of piperazine rings is 1. The van der Waals surface area contributed by atoms with E-state index in [1.165, 1.54) is 0 Å². The molecule has 1 heterocycles. The van der Waals surface area contributed by atoms with Crippen LogP contribution in [0.5, 0.6) is 0 Å². The van der Waals surface area contributed by atoms with Crippen molar-refractivity contribution in [2.75, 3.05) is 6.54 Å². The molecule has 2 atom stereocenters. The summed E-state index contributed by atoms with van der Waals surface area (Å²) in [7, 11) is 0. The van der Waals surface area contributed by atoms with Crippen LogP contribution in [-0.4, -0.2) is 35.3 Å². The van der Waals surface area contributed by atoms with Crippen LogP contribution in [0.4, 0.5) is 0 Å². The van der Waals surface area contributed by atoms with Crippen molar-refractivity contribution >= 4 is 11.8 Å². The summed E-state index contributed by atoms with van der Waals surface area (Å²) in [6.45, 7) is 6.91. The molecule has 1 saturated heterocycles. The van der Waals surface area contributed by atoms with Gasteiger partial charge in [0.2, 0.25) is 11.8 Å². The molecule has 0 bridgehead atoms. The van der Waals surface area contributed by atoms with Crippen molar-refractivity contribution in [2.45, 2.75) is 71.4 Å². The average Bonchev–Trinajstić information content (AvgIpc) is 2.35. The van der Waals surface area contributed by atoms with Gasteiger partial charge in [-0.1, -0.05) is 40.0 Å². The highest BCUT2D eigenvalue weighted by atomic mass is 16.2. The molecule has 0 radical (unpaired) electrons. The van der Waals surface area contributed by atoms with E-state index in [1.54, 1.807) is 0 Å². The summed E-state index contributed by atoms with van der Waals surface area (Å²) in [5.74, 6) is 0.148. The van der Waals surface area contributed by atoms with Crippen LogP contribution in [-0.2, 0) is 9.59 Å². The molecule has 0 aliphatic carbocycles. The van der Waals surface area contributed by atoms with Gasteiger partial charge in [-0.3, -0.25) is 9.59 Å². The van der Waals surface area contributed by atoms with Crippen molar-refractivity contribution in [3.8, 4) is 0 Å². The molecule has 0 aromatic rings. The van der Waals surface area contributed by atoms with Gasteiger partial charge in [-0.15, -0.1) is 0 Å². The number of nitrogens with one attached hydrogen (secondary N) is 1. The van der Waals surface area contributed by atoms with Gasteiger partial charge >= 0.3 is 0 Å². The van der Waals surface area contributed by atoms with Gasteiger partial charge in [-0.2, -0.15) is 0 Å². The van der Waals surface area contributed by atoms with Crippen LogP contribution in [0.1, 0.15) is 59.3 Å². The highest BCUT2D eigenvalue weighted by Crippen LogP contribution is 2.17. The number of rotatable bonds is 7. The molecule has 1 N–H and O–H groups in total. The van der Waals surface area contributed by atoms with Gasteiger partial charge in [0, 0.05) is 6.54 Å². The summed E-state index contributed by atoms with van der Waals surface area (Å²) in [5, 5.41) is 2.88. The normalized spacial score (nSPS) is 24.3. The van der Waals surface area contributed by atoms with Gasteiger partial charge in [0.15, 0.2) is 0 Å². The highest BCUT2D eigenvalue weighted by Gasteiger charge is 2.38. The molecule has 1 fully saturated rings. The van der Waals surface area contributed by atoms with E-state index in [9.17, 15) is 9.59 Å². The predicted molar refractivity (Wildman–Crippen MR) is 72.2 cm³/mol. The summed E-state index contributed by atoms with van der Waals surface area (Å²) in [6, 6.07) is -0.547. The third kappa shape index (κ3) is 3.47. The Hall–Kier alpha value is -1.06. The lowest BCUT2D eigenvalue weighted by atomic mass is 10.00. The first-order valence-electron chi connectivity index (χ1n) is 7.26. The SMILES string of the molecule is CCCCN1C(=O)C(CCC)NC(=O)C1CCC. The van der Waals surface area contributed by atoms with Crippen LogP contribution in [0, 0.1) is 0 Å². The van der Waals surface area contributed by atoms with Crippen molar-refractivity contribution in [3.63, 3.8) is 0 Å². The minimum absolute atomic E-state index is 0.0333. The first-order chi connectivity index (χ1) is 8.65. The van der Waals surface area contributed by atoms with E-state index in [0.717, 1.165) is 38.5 Å². The van der Waals surface area contributed by atoms with E-state index in [4.69, 9.17) is 0 Å². The molecule has 0 aromatic carbocycles. The summed E-state index contributed by atoms with van der Waals surface area (Å²) < 4.78 is 0. The Labute approximate surface area is 110 Å². The third-order valence-electron chi connectivity index (χ3n) is 3.47. The fraction of sp³-hybridized carbons (Fsp3) is 0.857. The van der Waals surface area contributed by atoms with E-state index in [-0.39, 0.29) is 23.9 Å². The van der Waals surface area contributed by atoms with Gasteiger partial charge in [-0.25, -0.2) is 0 Å². The summed E-state index contributed by atoms with van der Waals surface area (Å²) in [5.41, 5.74) is 0. The molecule has 0 aromatic heterocycles. The van der Waals surface area contributed by atoms with Crippen LogP contribution >= 0.6 is 0 Å². The zero-order valence-corrected chi connectivity index (χ0v) is 11.9. The van der Waals surface area contributed by atoms with Gasteiger partial charge in [-0.05, 0) is 19.3 Å². The summed E-state index contributed by atoms with van der Waals surface area (Å²) in [4.78, 5) is 26.3. The lowest BCUT2D eigenvalue weighted by molar-refractivity contribution is -0.149. The maximum absolute atomic E-state index is 12.4. The monoisotopic (exact) mass is 254 g/mol. The second kappa shape index (κ2) is 7.39. The minimum Gasteiger partial charge on any atom is -0.343 e. The largest absolute Gasteiger partial charge is 0.343 e. The molecule has 1 rings (SSSR count). The number of hydrogen-bond acceptors (Lipinski definition) is 2. The van der Waals surface area contributed by atoms with Gasteiger partial charge < -0.3 is 10.2 Å². The first kappa shape index (κ1) is 15.0. The molecule has 0 saturated carbocycles. The van der Waals surface area contributed by atoms with Crippen molar-refractivity contribution in [1.82, 2.24) is 10.2 Å². The number of hydrogen-bond donors (Lipinski definition) is 1.